The van der Waals surface area contributed by atoms with E-state index in [-0.39, 0.29) is 41.2 Å². The molecule has 4 rings (SSSR count). The first-order chi connectivity index (χ1) is 18.7. The number of carbonyl (C=O) groups is 3. The number of methoxy groups -OCH3 is 2. The van der Waals surface area contributed by atoms with Crippen molar-refractivity contribution in [1.82, 2.24) is 4.90 Å². The van der Waals surface area contributed by atoms with Crippen LogP contribution in [0.3, 0.4) is 0 Å². The van der Waals surface area contributed by atoms with E-state index in [0.717, 1.165) is 31.6 Å². The maximum absolute atomic E-state index is 13.6. The molecule has 0 amide bonds. The zero-order chi connectivity index (χ0) is 28.3. The number of benzene rings is 2. The Kier molecular flexibility index (Phi) is 9.02. The predicted octanol–water partition coefficient (Wildman–Crippen LogP) is 4.47. The lowest BCUT2D eigenvalue weighted by Crippen LogP contribution is -2.34. The van der Waals surface area contributed by atoms with Crippen LogP contribution in [0, 0.1) is 0 Å². The van der Waals surface area contributed by atoms with E-state index >= 15 is 0 Å². The molecule has 2 aliphatic heterocycles. The lowest BCUT2D eigenvalue weighted by molar-refractivity contribution is -0.142. The molecule has 0 spiro atoms. The third-order valence-electron chi connectivity index (χ3n) is 7.68. The molecular weight excluding hydrogens is 524 g/mol. The van der Waals surface area contributed by atoms with E-state index in [4.69, 9.17) is 25.8 Å². The number of nitrogens with zero attached hydrogens (tertiary/aromatic N) is 2. The Morgan fingerprint density at radius 2 is 1.74 bits per heavy atom. The number of hydrogen-bond acceptors (Lipinski definition) is 9. The molecule has 2 aromatic carbocycles. The number of likely N-dealkylation sites (N-methyl/N-ethyl adjacent to an activating group) is 1. The Balaban J connectivity index is 1.67. The zero-order valence-corrected chi connectivity index (χ0v) is 23.5. The van der Waals surface area contributed by atoms with Crippen LogP contribution in [0.1, 0.15) is 64.8 Å². The number of phenolic OH excluding ortho intramolecular Hbond substituents is 1. The van der Waals surface area contributed by atoms with Gasteiger partial charge in [0.25, 0.3) is 0 Å². The largest absolute Gasteiger partial charge is 0.507 e. The van der Waals surface area contributed by atoms with E-state index in [1.54, 1.807) is 18.2 Å². The quantitative estimate of drug-likeness (QED) is 0.257. The fourth-order valence-electron chi connectivity index (χ4n) is 5.65. The van der Waals surface area contributed by atoms with Crippen molar-refractivity contribution in [2.24, 2.45) is 0 Å². The SMILES string of the molecule is COc1cc(OC)c(C2CCN(C)C2COC(C)=O)c(O)c1C(=O)CC(=O)c1cccc(N2CCCC2)c1Cl. The van der Waals surface area contributed by atoms with Gasteiger partial charge in [-0.25, -0.2) is 0 Å². The number of aromatic hydroxyl groups is 1. The van der Waals surface area contributed by atoms with Gasteiger partial charge in [-0.05, 0) is 45.0 Å². The first kappa shape index (κ1) is 28.7. The average Bonchev–Trinajstić information content (AvgIpc) is 3.56. The highest BCUT2D eigenvalue weighted by Gasteiger charge is 2.39. The Bertz CT molecular complexity index is 1260. The van der Waals surface area contributed by atoms with Crippen LogP contribution in [0.5, 0.6) is 17.2 Å². The van der Waals surface area contributed by atoms with Crippen molar-refractivity contribution in [2.75, 3.05) is 52.4 Å². The summed E-state index contributed by atoms with van der Waals surface area (Å²) in [5.74, 6) is -1.57. The number of hydrogen-bond donors (Lipinski definition) is 1. The van der Waals surface area contributed by atoms with E-state index in [2.05, 4.69) is 4.90 Å². The number of halogens is 1. The van der Waals surface area contributed by atoms with E-state index < -0.39 is 24.0 Å². The summed E-state index contributed by atoms with van der Waals surface area (Å²) in [5, 5.41) is 11.8. The zero-order valence-electron chi connectivity index (χ0n) is 22.8. The topological polar surface area (TPSA) is 106 Å². The van der Waals surface area contributed by atoms with Gasteiger partial charge in [-0.1, -0.05) is 17.7 Å². The lowest BCUT2D eigenvalue weighted by Gasteiger charge is -2.27. The molecule has 2 unspecified atom stereocenters. The number of ketones is 2. The molecule has 10 heteroatoms. The summed E-state index contributed by atoms with van der Waals surface area (Å²) in [5.41, 5.74) is 1.38. The van der Waals surface area contributed by atoms with Gasteiger partial charge in [-0.15, -0.1) is 0 Å². The van der Waals surface area contributed by atoms with Crippen LogP contribution in [-0.2, 0) is 9.53 Å². The number of phenols is 1. The first-order valence-corrected chi connectivity index (χ1v) is 13.5. The third-order valence-corrected chi connectivity index (χ3v) is 8.08. The molecule has 2 aromatic rings. The summed E-state index contributed by atoms with van der Waals surface area (Å²) in [7, 11) is 4.76. The molecule has 0 aliphatic carbocycles. The molecule has 0 radical (unpaired) electrons. The van der Waals surface area contributed by atoms with Crippen molar-refractivity contribution in [3.8, 4) is 17.2 Å². The van der Waals surface area contributed by atoms with Gasteiger partial charge in [0.05, 0.1) is 37.4 Å². The monoisotopic (exact) mass is 558 g/mol. The number of esters is 1. The standard InChI is InChI=1S/C29H35ClN2O7/c1-17(33)39-16-21-18(10-13-31(21)2)26-24(37-3)15-25(38-4)27(29(26)36)23(35)14-22(34)19-8-7-9-20(28(19)30)32-11-5-6-12-32/h7-9,15,18,21,36H,5-6,10-14,16H2,1-4H3. The number of ether oxygens (including phenoxy) is 3. The molecule has 210 valence electrons. The number of anilines is 1. The highest BCUT2D eigenvalue weighted by atomic mass is 35.5. The third kappa shape index (κ3) is 5.84. The molecular formula is C29H35ClN2O7. The molecule has 0 saturated carbocycles. The highest BCUT2D eigenvalue weighted by molar-refractivity contribution is 6.37. The molecule has 0 aromatic heterocycles. The Hall–Kier alpha value is -3.30. The fourth-order valence-corrected chi connectivity index (χ4v) is 6.00. The summed E-state index contributed by atoms with van der Waals surface area (Å²) in [6.07, 6.45) is 2.26. The second-order valence-corrected chi connectivity index (χ2v) is 10.4. The molecule has 2 heterocycles. The number of carbonyl (C=O) groups excluding carboxylic acids is 3. The van der Waals surface area contributed by atoms with Gasteiger partial charge in [0.1, 0.15) is 29.4 Å². The molecule has 2 aliphatic rings. The van der Waals surface area contributed by atoms with Crippen LogP contribution in [0.25, 0.3) is 0 Å². The molecule has 1 N–H and O–H groups in total. The minimum Gasteiger partial charge on any atom is -0.507 e. The molecule has 0 bridgehead atoms. The van der Waals surface area contributed by atoms with Crippen molar-refractivity contribution in [2.45, 2.75) is 44.6 Å². The fraction of sp³-hybridized carbons (Fsp3) is 0.483. The summed E-state index contributed by atoms with van der Waals surface area (Å²) < 4.78 is 16.3. The lowest BCUT2D eigenvalue weighted by atomic mass is 9.87. The van der Waals surface area contributed by atoms with E-state index in [1.165, 1.54) is 21.1 Å². The molecule has 2 saturated heterocycles. The summed E-state index contributed by atoms with van der Waals surface area (Å²) in [6, 6.07) is 6.57. The molecule has 2 atom stereocenters. The van der Waals surface area contributed by atoms with E-state index in [1.807, 2.05) is 18.0 Å². The van der Waals surface area contributed by atoms with Gasteiger partial charge in [-0.2, -0.15) is 0 Å². The smallest absolute Gasteiger partial charge is 0.302 e. The van der Waals surface area contributed by atoms with E-state index in [9.17, 15) is 19.5 Å². The van der Waals surface area contributed by atoms with Gasteiger partial charge < -0.3 is 24.2 Å². The Labute approximate surface area is 233 Å². The van der Waals surface area contributed by atoms with Crippen LogP contribution >= 0.6 is 11.6 Å². The average molecular weight is 559 g/mol. The van der Waals surface area contributed by atoms with E-state index in [0.29, 0.717) is 29.3 Å². The summed E-state index contributed by atoms with van der Waals surface area (Å²) in [4.78, 5) is 42.5. The van der Waals surface area contributed by atoms with Crippen molar-refractivity contribution in [1.29, 1.82) is 0 Å². The minimum absolute atomic E-state index is 0.0886. The van der Waals surface area contributed by atoms with Gasteiger partial charge >= 0.3 is 5.97 Å². The van der Waals surface area contributed by atoms with Crippen molar-refractivity contribution < 1.29 is 33.7 Å². The van der Waals surface area contributed by atoms with Gasteiger partial charge in [-0.3, -0.25) is 19.3 Å². The number of rotatable bonds is 10. The first-order valence-electron chi connectivity index (χ1n) is 13.1. The van der Waals surface area contributed by atoms with Crippen molar-refractivity contribution in [3.63, 3.8) is 0 Å². The summed E-state index contributed by atoms with van der Waals surface area (Å²) >= 11 is 6.63. The van der Waals surface area contributed by atoms with Crippen LogP contribution in [-0.4, -0.2) is 81.1 Å². The maximum atomic E-state index is 13.6. The Morgan fingerprint density at radius 3 is 2.38 bits per heavy atom. The van der Waals surface area contributed by atoms with Crippen LogP contribution in [0.15, 0.2) is 24.3 Å². The summed E-state index contributed by atoms with van der Waals surface area (Å²) in [6.45, 7) is 3.89. The van der Waals surface area contributed by atoms with Crippen LogP contribution in [0.4, 0.5) is 5.69 Å². The van der Waals surface area contributed by atoms with Gasteiger partial charge in [0, 0.05) is 43.1 Å². The molecule has 2 fully saturated rings. The van der Waals surface area contributed by atoms with Gasteiger partial charge in [0.15, 0.2) is 11.6 Å². The second-order valence-electron chi connectivity index (χ2n) is 10.0. The highest BCUT2D eigenvalue weighted by Crippen LogP contribution is 2.47. The predicted molar refractivity (Wildman–Crippen MR) is 148 cm³/mol. The Morgan fingerprint density at radius 1 is 1.05 bits per heavy atom. The number of Topliss-reactive ketones (excluding diaryl/α,β-unsaturated/α-hetero) is 2. The van der Waals surface area contributed by atoms with Crippen LogP contribution in [0.2, 0.25) is 5.02 Å². The van der Waals surface area contributed by atoms with Crippen molar-refractivity contribution >= 4 is 34.8 Å². The number of likely N-dealkylation sites (tertiary alicyclic amines) is 1. The van der Waals surface area contributed by atoms with Gasteiger partial charge in [0.2, 0.25) is 0 Å². The molecule has 39 heavy (non-hydrogen) atoms. The minimum atomic E-state index is -0.594. The maximum Gasteiger partial charge on any atom is 0.302 e. The molecule has 9 nitrogen and oxygen atoms in total. The van der Waals surface area contributed by atoms with Crippen molar-refractivity contribution in [3.05, 3.63) is 46.0 Å². The van der Waals surface area contributed by atoms with Crippen LogP contribution < -0.4 is 14.4 Å². The normalized spacial score (nSPS) is 19.3. The second kappa shape index (κ2) is 12.3.